The number of hydrogen-bond acceptors (Lipinski definition) is 6. The van der Waals surface area contributed by atoms with Gasteiger partial charge in [0.05, 0.1) is 13.2 Å². The van der Waals surface area contributed by atoms with E-state index in [1.54, 1.807) is 0 Å². The van der Waals surface area contributed by atoms with Crippen LogP contribution in [0.1, 0.15) is 12.8 Å². The van der Waals surface area contributed by atoms with Crippen molar-refractivity contribution >= 4 is 11.8 Å². The Bertz CT molecular complexity index is 289. The Balaban J connectivity index is 2.93. The van der Waals surface area contributed by atoms with E-state index in [1.807, 2.05) is 0 Å². The van der Waals surface area contributed by atoms with E-state index >= 15 is 0 Å². The predicted molar refractivity (Wildman–Crippen MR) is 52.8 cm³/mol. The second kappa shape index (κ2) is 4.90. The third-order valence-electron chi connectivity index (χ3n) is 2.87. The molecule has 1 rings (SSSR count). The van der Waals surface area contributed by atoms with Gasteiger partial charge in [0.25, 0.3) is 0 Å². The lowest BCUT2D eigenvalue weighted by Crippen LogP contribution is -2.56. The highest BCUT2D eigenvalue weighted by Gasteiger charge is 2.51. The summed E-state index contributed by atoms with van der Waals surface area (Å²) < 4.78 is 14.5. The minimum Gasteiger partial charge on any atom is -0.467 e. The van der Waals surface area contributed by atoms with Crippen LogP contribution in [-0.2, 0) is 23.8 Å². The van der Waals surface area contributed by atoms with Gasteiger partial charge in [-0.2, -0.15) is 0 Å². The Morgan fingerprint density at radius 1 is 1.44 bits per heavy atom. The molecule has 92 valence electrons. The lowest BCUT2D eigenvalue weighted by Gasteiger charge is -2.37. The van der Waals surface area contributed by atoms with Gasteiger partial charge in [0, 0.05) is 27.1 Å². The van der Waals surface area contributed by atoms with Crippen LogP contribution in [0.3, 0.4) is 0 Å². The van der Waals surface area contributed by atoms with Gasteiger partial charge in [0.1, 0.15) is 6.10 Å². The van der Waals surface area contributed by atoms with Gasteiger partial charge in [-0.05, 0) is 0 Å². The van der Waals surface area contributed by atoms with E-state index < -0.39 is 23.8 Å². The topological polar surface area (TPSA) is 82.1 Å². The highest BCUT2D eigenvalue weighted by atomic mass is 16.6. The molecule has 0 saturated heterocycles. The molecule has 1 aliphatic carbocycles. The number of ether oxygens (including phenoxy) is 3. The van der Waals surface area contributed by atoms with E-state index in [0.717, 1.165) is 0 Å². The second-order valence-corrected chi connectivity index (χ2v) is 3.76. The third-order valence-corrected chi connectivity index (χ3v) is 2.87. The molecular weight excluding hydrogens is 216 g/mol. The fourth-order valence-electron chi connectivity index (χ4n) is 1.98. The highest BCUT2D eigenvalue weighted by Crippen LogP contribution is 2.31. The Morgan fingerprint density at radius 3 is 2.44 bits per heavy atom. The summed E-state index contributed by atoms with van der Waals surface area (Å²) in [5.41, 5.74) is -1.39. The van der Waals surface area contributed by atoms with Crippen LogP contribution in [0.5, 0.6) is 0 Å². The average Bonchev–Trinajstić information content (AvgIpc) is 2.27. The van der Waals surface area contributed by atoms with Gasteiger partial charge in [0.15, 0.2) is 11.4 Å². The molecule has 6 heteroatoms. The molecule has 1 aliphatic rings. The average molecular weight is 232 g/mol. The summed E-state index contributed by atoms with van der Waals surface area (Å²) in [7, 11) is 3.86. The molecule has 0 radical (unpaired) electrons. The summed E-state index contributed by atoms with van der Waals surface area (Å²) >= 11 is 0. The highest BCUT2D eigenvalue weighted by molar-refractivity contribution is 5.93. The molecule has 0 aromatic carbocycles. The van der Waals surface area contributed by atoms with Crippen molar-refractivity contribution in [1.29, 1.82) is 0 Å². The van der Waals surface area contributed by atoms with Gasteiger partial charge >= 0.3 is 5.97 Å². The van der Waals surface area contributed by atoms with Crippen molar-refractivity contribution in [2.75, 3.05) is 21.3 Å². The summed E-state index contributed by atoms with van der Waals surface area (Å²) in [6, 6.07) is 0. The number of hydrogen-bond donors (Lipinski definition) is 1. The van der Waals surface area contributed by atoms with E-state index in [1.165, 1.54) is 21.3 Å². The van der Waals surface area contributed by atoms with Crippen molar-refractivity contribution in [3.8, 4) is 0 Å². The van der Waals surface area contributed by atoms with Crippen LogP contribution < -0.4 is 0 Å². The van der Waals surface area contributed by atoms with Crippen molar-refractivity contribution in [3.63, 3.8) is 0 Å². The molecule has 0 aromatic rings. The van der Waals surface area contributed by atoms with Crippen LogP contribution in [0.15, 0.2) is 0 Å². The van der Waals surface area contributed by atoms with Crippen LogP contribution in [0.2, 0.25) is 0 Å². The van der Waals surface area contributed by atoms with Crippen LogP contribution in [-0.4, -0.2) is 56.0 Å². The Hall–Kier alpha value is -0.980. The number of Topliss-reactive ketones (excluding diaryl/α,β-unsaturated/α-hetero) is 1. The van der Waals surface area contributed by atoms with E-state index in [0.29, 0.717) is 0 Å². The molecule has 0 amide bonds. The smallest absolute Gasteiger partial charge is 0.338 e. The van der Waals surface area contributed by atoms with Gasteiger partial charge in [-0.3, -0.25) is 4.79 Å². The van der Waals surface area contributed by atoms with E-state index in [9.17, 15) is 14.7 Å². The number of esters is 1. The number of ketones is 1. The molecule has 0 heterocycles. The summed E-state index contributed by atoms with van der Waals surface area (Å²) in [6.07, 6.45) is -2.12. The minimum atomic E-state index is -1.39. The van der Waals surface area contributed by atoms with Crippen LogP contribution in [0.25, 0.3) is 0 Å². The van der Waals surface area contributed by atoms with Gasteiger partial charge < -0.3 is 19.3 Å². The maximum atomic E-state index is 11.7. The first kappa shape index (κ1) is 13.1. The summed E-state index contributed by atoms with van der Waals surface area (Å²) in [4.78, 5) is 23.2. The van der Waals surface area contributed by atoms with Crippen molar-refractivity contribution < 1.29 is 28.9 Å². The van der Waals surface area contributed by atoms with Gasteiger partial charge in [-0.1, -0.05) is 0 Å². The first-order chi connectivity index (χ1) is 7.50. The fourth-order valence-corrected chi connectivity index (χ4v) is 1.98. The zero-order valence-corrected chi connectivity index (χ0v) is 9.56. The second-order valence-electron chi connectivity index (χ2n) is 3.76. The molecule has 0 unspecified atom stereocenters. The number of methoxy groups -OCH3 is 3. The molecule has 3 atom stereocenters. The van der Waals surface area contributed by atoms with Crippen molar-refractivity contribution in [2.24, 2.45) is 0 Å². The normalized spacial score (nSPS) is 34.9. The number of carbonyl (C=O) groups excluding carboxylic acids is 2. The molecule has 0 aromatic heterocycles. The van der Waals surface area contributed by atoms with Crippen LogP contribution in [0, 0.1) is 0 Å². The zero-order chi connectivity index (χ0) is 12.3. The number of rotatable bonds is 3. The van der Waals surface area contributed by atoms with Gasteiger partial charge in [-0.15, -0.1) is 0 Å². The number of carbonyl (C=O) groups is 2. The van der Waals surface area contributed by atoms with E-state index in [4.69, 9.17) is 9.47 Å². The van der Waals surface area contributed by atoms with E-state index in [-0.39, 0.29) is 18.6 Å². The molecule has 0 spiro atoms. The molecular formula is C10H16O6. The standard InChI is InChI=1S/C10H16O6/c1-14-8-6(11)4-10(16-3,5-7(8)12)9(13)15-2/h6,8,11H,4-5H2,1-3H3/t6-,8+,10-/m1/s1. The predicted octanol–water partition coefficient (Wildman–Crippen LogP) is -0.717. The molecule has 1 fully saturated rings. The van der Waals surface area contributed by atoms with Crippen molar-refractivity contribution in [1.82, 2.24) is 0 Å². The molecule has 1 saturated carbocycles. The van der Waals surface area contributed by atoms with E-state index in [2.05, 4.69) is 4.74 Å². The zero-order valence-electron chi connectivity index (χ0n) is 9.56. The lowest BCUT2D eigenvalue weighted by molar-refractivity contribution is -0.185. The fraction of sp³-hybridized carbons (Fsp3) is 0.800. The van der Waals surface area contributed by atoms with Crippen LogP contribution >= 0.6 is 0 Å². The molecule has 0 aliphatic heterocycles. The molecule has 6 nitrogen and oxygen atoms in total. The number of aliphatic hydroxyl groups excluding tert-OH is 1. The number of aliphatic hydroxyl groups is 1. The third kappa shape index (κ3) is 2.09. The van der Waals surface area contributed by atoms with Crippen molar-refractivity contribution in [2.45, 2.75) is 30.7 Å². The lowest BCUT2D eigenvalue weighted by atomic mass is 9.80. The monoisotopic (exact) mass is 232 g/mol. The Labute approximate surface area is 93.5 Å². The minimum absolute atomic E-state index is 0.0135. The van der Waals surface area contributed by atoms with Crippen molar-refractivity contribution in [3.05, 3.63) is 0 Å². The summed E-state index contributed by atoms with van der Waals surface area (Å²) in [6.45, 7) is 0. The first-order valence-electron chi connectivity index (χ1n) is 4.88. The summed E-state index contributed by atoms with van der Waals surface area (Å²) in [5.74, 6) is -1.02. The first-order valence-corrected chi connectivity index (χ1v) is 4.88. The Kier molecular flexibility index (Phi) is 4.01. The maximum Gasteiger partial charge on any atom is 0.338 e. The molecule has 1 N–H and O–H groups in total. The van der Waals surface area contributed by atoms with Crippen LogP contribution in [0.4, 0.5) is 0 Å². The molecule has 16 heavy (non-hydrogen) atoms. The summed E-state index contributed by atoms with van der Waals surface area (Å²) in [5, 5.41) is 9.72. The van der Waals surface area contributed by atoms with Gasteiger partial charge in [0.2, 0.25) is 0 Å². The molecule has 0 bridgehead atoms. The van der Waals surface area contributed by atoms with Gasteiger partial charge in [-0.25, -0.2) is 4.79 Å². The quantitative estimate of drug-likeness (QED) is 0.647. The maximum absolute atomic E-state index is 11.7. The SMILES string of the molecule is COC(=O)[C@]1(OC)CC(=O)[C@@H](OC)[C@H](O)C1. The Morgan fingerprint density at radius 2 is 2.06 bits per heavy atom. The largest absolute Gasteiger partial charge is 0.467 e.